The molecule has 0 fully saturated rings. The van der Waals surface area contributed by atoms with Crippen LogP contribution in [0.2, 0.25) is 0 Å². The van der Waals surface area contributed by atoms with Crippen molar-refractivity contribution in [3.8, 4) is 0 Å². The van der Waals surface area contributed by atoms with Gasteiger partial charge in [-0.2, -0.15) is 4.99 Å². The van der Waals surface area contributed by atoms with Crippen molar-refractivity contribution in [2.75, 3.05) is 0 Å². The lowest BCUT2D eigenvalue weighted by Gasteiger charge is -2.05. The Morgan fingerprint density at radius 1 is 1.24 bits per heavy atom. The van der Waals surface area contributed by atoms with Crippen LogP contribution in [0.1, 0.15) is 36.7 Å². The van der Waals surface area contributed by atoms with Crippen molar-refractivity contribution < 1.29 is 4.79 Å². The number of fused-ring (bicyclic) bond motifs is 1. The molecule has 25 heavy (non-hydrogen) atoms. The van der Waals surface area contributed by atoms with Gasteiger partial charge in [-0.1, -0.05) is 50.3 Å². The highest BCUT2D eigenvalue weighted by Gasteiger charge is 2.10. The molecule has 0 aliphatic rings. The third-order valence-corrected chi connectivity index (χ3v) is 6.03. The molecule has 0 aliphatic heterocycles. The first-order valence-electron chi connectivity index (χ1n) is 8.42. The number of rotatable bonds is 4. The molecule has 0 unspecified atom stereocenters. The van der Waals surface area contributed by atoms with Gasteiger partial charge >= 0.3 is 0 Å². The number of carbonyl (C=O) groups is 1. The third kappa shape index (κ3) is 3.88. The second kappa shape index (κ2) is 7.58. The van der Waals surface area contributed by atoms with Gasteiger partial charge in [0, 0.05) is 22.8 Å². The molecule has 0 saturated carbocycles. The molecule has 1 aromatic heterocycles. The van der Waals surface area contributed by atoms with E-state index in [-0.39, 0.29) is 5.91 Å². The summed E-state index contributed by atoms with van der Waals surface area (Å²) in [5, 5.41) is 0.482. The summed E-state index contributed by atoms with van der Waals surface area (Å²) in [4.78, 5) is 18.9. The first-order chi connectivity index (χ1) is 12.0. The van der Waals surface area contributed by atoms with Crippen LogP contribution in [0.3, 0.4) is 0 Å². The summed E-state index contributed by atoms with van der Waals surface area (Å²) in [6.45, 7) is 6.43. The molecular formula is C20H22N2OS2. The van der Waals surface area contributed by atoms with E-state index < -0.39 is 0 Å². The van der Waals surface area contributed by atoms with Gasteiger partial charge in [-0.3, -0.25) is 4.79 Å². The number of hydrogen-bond donors (Lipinski definition) is 0. The molecule has 1 amide bonds. The molecule has 3 aromatic rings. The fraction of sp³-hybridized carbons (Fsp3) is 0.300. The van der Waals surface area contributed by atoms with Crippen LogP contribution >= 0.6 is 23.1 Å². The molecule has 0 bridgehead atoms. The Bertz CT molecular complexity index is 983. The van der Waals surface area contributed by atoms with Gasteiger partial charge < -0.3 is 4.57 Å². The quantitative estimate of drug-likeness (QED) is 0.603. The van der Waals surface area contributed by atoms with Crippen molar-refractivity contribution in [1.82, 2.24) is 4.57 Å². The van der Waals surface area contributed by atoms with Gasteiger partial charge in [0.2, 0.25) is 0 Å². The lowest BCUT2D eigenvalue weighted by atomic mass is 10.1. The van der Waals surface area contributed by atoms with Crippen molar-refractivity contribution in [2.45, 2.75) is 37.3 Å². The summed E-state index contributed by atoms with van der Waals surface area (Å²) in [6.07, 6.45) is 0.962. The first kappa shape index (κ1) is 18.0. The SMILES string of the molecule is CCc1cccc2sc(=NC(=O)c3cccc(SC(C)C)c3)n(C)c12. The molecule has 3 rings (SSSR count). The largest absolute Gasteiger partial charge is 0.319 e. The maximum atomic E-state index is 12.7. The number of nitrogens with zero attached hydrogens (tertiary/aromatic N) is 2. The van der Waals surface area contributed by atoms with E-state index in [1.54, 1.807) is 23.1 Å². The Labute approximate surface area is 156 Å². The zero-order valence-electron chi connectivity index (χ0n) is 14.9. The van der Waals surface area contributed by atoms with Crippen LogP contribution in [0.25, 0.3) is 10.2 Å². The van der Waals surface area contributed by atoms with E-state index in [0.29, 0.717) is 10.8 Å². The zero-order valence-corrected chi connectivity index (χ0v) is 16.6. The minimum absolute atomic E-state index is 0.189. The molecule has 0 aliphatic carbocycles. The second-order valence-electron chi connectivity index (χ2n) is 6.17. The molecular weight excluding hydrogens is 348 g/mol. The number of benzene rings is 2. The van der Waals surface area contributed by atoms with E-state index in [1.807, 2.05) is 35.9 Å². The van der Waals surface area contributed by atoms with Gasteiger partial charge in [0.05, 0.1) is 10.2 Å². The van der Waals surface area contributed by atoms with Crippen LogP contribution in [-0.4, -0.2) is 15.7 Å². The van der Waals surface area contributed by atoms with Crippen molar-refractivity contribution >= 4 is 39.2 Å². The highest BCUT2D eigenvalue weighted by molar-refractivity contribution is 7.99. The Kier molecular flexibility index (Phi) is 5.45. The van der Waals surface area contributed by atoms with Crippen LogP contribution in [0, 0.1) is 0 Å². The summed E-state index contributed by atoms with van der Waals surface area (Å²) in [7, 11) is 1.98. The highest BCUT2D eigenvalue weighted by atomic mass is 32.2. The van der Waals surface area contributed by atoms with Gasteiger partial charge in [-0.05, 0) is 36.2 Å². The normalized spacial score (nSPS) is 12.3. The number of amides is 1. The number of hydrogen-bond acceptors (Lipinski definition) is 3. The molecule has 0 N–H and O–H groups in total. The number of aryl methyl sites for hydroxylation is 2. The number of para-hydroxylation sites is 1. The third-order valence-electron chi connectivity index (χ3n) is 3.94. The van der Waals surface area contributed by atoms with E-state index in [1.165, 1.54) is 11.1 Å². The summed E-state index contributed by atoms with van der Waals surface area (Å²) >= 11 is 3.31. The van der Waals surface area contributed by atoms with Crippen LogP contribution < -0.4 is 4.80 Å². The zero-order chi connectivity index (χ0) is 18.0. The molecule has 130 valence electrons. The minimum Gasteiger partial charge on any atom is -0.319 e. The van der Waals surface area contributed by atoms with Crippen LogP contribution in [-0.2, 0) is 13.5 Å². The monoisotopic (exact) mass is 370 g/mol. The van der Waals surface area contributed by atoms with Gasteiger partial charge in [0.25, 0.3) is 5.91 Å². The molecule has 2 aromatic carbocycles. The Balaban J connectivity index is 2.02. The van der Waals surface area contributed by atoms with Crippen molar-refractivity contribution in [2.24, 2.45) is 12.0 Å². The number of carbonyl (C=O) groups excluding carboxylic acids is 1. The van der Waals surface area contributed by atoms with Crippen LogP contribution in [0.5, 0.6) is 0 Å². The summed E-state index contributed by atoms with van der Waals surface area (Å²) in [5.41, 5.74) is 3.09. The average molecular weight is 371 g/mol. The number of thiazole rings is 1. The molecule has 0 radical (unpaired) electrons. The molecule has 0 saturated heterocycles. The standard InChI is InChI=1S/C20H22N2OS2/c1-5-14-8-7-11-17-18(14)22(4)20(25-17)21-19(23)15-9-6-10-16(12-15)24-13(2)3/h6-13H,5H2,1-4H3. The van der Waals surface area contributed by atoms with E-state index in [2.05, 4.69) is 44.0 Å². The van der Waals surface area contributed by atoms with E-state index >= 15 is 0 Å². The molecule has 0 atom stereocenters. The predicted octanol–water partition coefficient (Wildman–Crippen LogP) is 5.04. The van der Waals surface area contributed by atoms with Crippen molar-refractivity contribution in [1.29, 1.82) is 0 Å². The second-order valence-corrected chi connectivity index (χ2v) is 8.83. The van der Waals surface area contributed by atoms with Gasteiger partial charge in [0.15, 0.2) is 4.80 Å². The van der Waals surface area contributed by atoms with Crippen LogP contribution in [0.4, 0.5) is 0 Å². The fourth-order valence-electron chi connectivity index (χ4n) is 2.80. The molecule has 0 spiro atoms. The Morgan fingerprint density at radius 3 is 2.72 bits per heavy atom. The Morgan fingerprint density at radius 2 is 2.00 bits per heavy atom. The Hall–Kier alpha value is -1.85. The summed E-state index contributed by atoms with van der Waals surface area (Å²) < 4.78 is 3.20. The maximum Gasteiger partial charge on any atom is 0.279 e. The lowest BCUT2D eigenvalue weighted by Crippen LogP contribution is -2.14. The first-order valence-corrected chi connectivity index (χ1v) is 10.1. The van der Waals surface area contributed by atoms with Crippen LogP contribution in [0.15, 0.2) is 52.4 Å². The lowest BCUT2D eigenvalue weighted by molar-refractivity contribution is 0.0997. The highest BCUT2D eigenvalue weighted by Crippen LogP contribution is 2.24. The number of aromatic nitrogens is 1. The maximum absolute atomic E-state index is 12.7. The van der Waals surface area contributed by atoms with Gasteiger partial charge in [-0.15, -0.1) is 11.8 Å². The number of thioether (sulfide) groups is 1. The van der Waals surface area contributed by atoms with E-state index in [0.717, 1.165) is 20.8 Å². The van der Waals surface area contributed by atoms with Crippen molar-refractivity contribution in [3.63, 3.8) is 0 Å². The molecule has 3 nitrogen and oxygen atoms in total. The smallest absolute Gasteiger partial charge is 0.279 e. The van der Waals surface area contributed by atoms with E-state index in [4.69, 9.17) is 0 Å². The molecule has 5 heteroatoms. The molecule has 1 heterocycles. The summed E-state index contributed by atoms with van der Waals surface area (Å²) in [6, 6.07) is 14.0. The van der Waals surface area contributed by atoms with Gasteiger partial charge in [-0.25, -0.2) is 0 Å². The van der Waals surface area contributed by atoms with Crippen molar-refractivity contribution in [3.05, 3.63) is 58.4 Å². The predicted molar refractivity (Wildman–Crippen MR) is 108 cm³/mol. The topological polar surface area (TPSA) is 34.4 Å². The minimum atomic E-state index is -0.189. The van der Waals surface area contributed by atoms with E-state index in [9.17, 15) is 4.79 Å². The summed E-state index contributed by atoms with van der Waals surface area (Å²) in [5.74, 6) is -0.189. The fourth-order valence-corrected chi connectivity index (χ4v) is 4.76. The average Bonchev–Trinajstić information content (AvgIpc) is 2.90. The van der Waals surface area contributed by atoms with Gasteiger partial charge in [0.1, 0.15) is 0 Å².